The third-order valence-electron chi connectivity index (χ3n) is 4.31. The van der Waals surface area contributed by atoms with Gasteiger partial charge in [-0.25, -0.2) is 0 Å². The van der Waals surface area contributed by atoms with Gasteiger partial charge in [0.25, 0.3) is 0 Å². The molecule has 100 valence electrons. The summed E-state index contributed by atoms with van der Waals surface area (Å²) < 4.78 is 1.47. The molecule has 0 amide bonds. The van der Waals surface area contributed by atoms with Crippen LogP contribution in [0.5, 0.6) is 0 Å². The molecule has 1 nitrogen and oxygen atoms in total. The van der Waals surface area contributed by atoms with E-state index in [1.807, 2.05) is 0 Å². The van der Waals surface area contributed by atoms with E-state index in [0.29, 0.717) is 11.8 Å². The minimum absolute atomic E-state index is 0.534. The van der Waals surface area contributed by atoms with Gasteiger partial charge in [-0.05, 0) is 0 Å². The van der Waals surface area contributed by atoms with Gasteiger partial charge in [0.15, 0.2) is 0 Å². The van der Waals surface area contributed by atoms with Crippen molar-refractivity contribution in [1.29, 1.82) is 0 Å². The second-order valence-electron chi connectivity index (χ2n) is 5.63. The zero-order chi connectivity index (χ0) is 13.0. The van der Waals surface area contributed by atoms with Gasteiger partial charge >= 0.3 is 120 Å². The zero-order valence-corrected chi connectivity index (χ0v) is 13.2. The van der Waals surface area contributed by atoms with Gasteiger partial charge < -0.3 is 0 Å². The van der Waals surface area contributed by atoms with Crippen molar-refractivity contribution in [1.82, 2.24) is 4.90 Å². The van der Waals surface area contributed by atoms with Crippen LogP contribution in [-0.4, -0.2) is 38.1 Å². The maximum atomic E-state index is 4.01. The van der Waals surface area contributed by atoms with Gasteiger partial charge in [0, 0.05) is 0 Å². The summed E-state index contributed by atoms with van der Waals surface area (Å²) in [6.07, 6.45) is 12.6. The van der Waals surface area contributed by atoms with Crippen LogP contribution in [0.1, 0.15) is 45.4 Å². The van der Waals surface area contributed by atoms with Gasteiger partial charge in [-0.3, -0.25) is 0 Å². The number of allylic oxidation sites excluding steroid dienone is 2. The third-order valence-corrected chi connectivity index (χ3v) is 5.38. The summed E-state index contributed by atoms with van der Waals surface area (Å²) >= 11 is 3.39. The van der Waals surface area contributed by atoms with E-state index in [1.54, 1.807) is 5.57 Å². The second kappa shape index (κ2) is 6.73. The third kappa shape index (κ3) is 3.16. The Kier molecular flexibility index (Phi) is 5.26. The van der Waals surface area contributed by atoms with E-state index in [2.05, 4.69) is 46.1 Å². The van der Waals surface area contributed by atoms with Crippen LogP contribution in [-0.2, 0) is 0 Å². The molecule has 18 heavy (non-hydrogen) atoms. The topological polar surface area (TPSA) is 3.24 Å². The first-order valence-electron chi connectivity index (χ1n) is 7.34. The van der Waals surface area contributed by atoms with E-state index in [4.69, 9.17) is 0 Å². The fourth-order valence-corrected chi connectivity index (χ4v) is 4.29. The summed E-state index contributed by atoms with van der Waals surface area (Å²) in [6, 6.07) is 0. The van der Waals surface area contributed by atoms with Crippen LogP contribution in [0.2, 0.25) is 0 Å². The Bertz CT molecular complexity index is 339. The van der Waals surface area contributed by atoms with E-state index >= 15 is 0 Å². The molecule has 1 heterocycles. The molecule has 1 aliphatic heterocycles. The molecule has 0 spiro atoms. The van der Waals surface area contributed by atoms with Gasteiger partial charge in [0.05, 0.1) is 0 Å². The maximum absolute atomic E-state index is 4.01. The first kappa shape index (κ1) is 14.1. The van der Waals surface area contributed by atoms with Crippen LogP contribution in [0.15, 0.2) is 24.3 Å². The molecule has 0 saturated carbocycles. The molecule has 0 aromatic rings. The average Bonchev–Trinajstić information content (AvgIpc) is 2.94. The van der Waals surface area contributed by atoms with E-state index in [-0.39, 0.29) is 0 Å². The molecule has 2 unspecified atom stereocenters. The Morgan fingerprint density at radius 3 is 2.61 bits per heavy atom. The van der Waals surface area contributed by atoms with Crippen LogP contribution in [0, 0.1) is 11.8 Å². The summed E-state index contributed by atoms with van der Waals surface area (Å²) in [6.45, 7) is 8.78. The monoisotopic (exact) mass is 311 g/mol. The number of hydrogen-bond donors (Lipinski definition) is 0. The summed E-state index contributed by atoms with van der Waals surface area (Å²) in [7, 11) is 0. The SMILES string of the molecule is C=CC(C)C(C(=[Se])N1CCCC1)C1=CCCCC1. The van der Waals surface area contributed by atoms with Crippen molar-refractivity contribution >= 4 is 20.1 Å². The molecule has 0 aromatic heterocycles. The molecule has 0 N–H and O–H groups in total. The molecule has 0 aromatic carbocycles. The number of hydrogen-bond acceptors (Lipinski definition) is 1. The van der Waals surface area contributed by atoms with Gasteiger partial charge in [0.1, 0.15) is 0 Å². The van der Waals surface area contributed by atoms with E-state index in [0.717, 1.165) is 0 Å². The van der Waals surface area contributed by atoms with Crippen molar-refractivity contribution < 1.29 is 0 Å². The zero-order valence-electron chi connectivity index (χ0n) is 11.5. The quantitative estimate of drug-likeness (QED) is 0.556. The predicted molar refractivity (Wildman–Crippen MR) is 81.0 cm³/mol. The summed E-state index contributed by atoms with van der Waals surface area (Å²) in [5.41, 5.74) is 1.65. The number of likely N-dealkylation sites (tertiary alicyclic amines) is 1. The molecule has 1 saturated heterocycles. The first-order chi connectivity index (χ1) is 8.74. The van der Waals surface area contributed by atoms with Crippen molar-refractivity contribution in [2.75, 3.05) is 13.1 Å². The Morgan fingerprint density at radius 2 is 2.06 bits per heavy atom. The Hall–Kier alpha value is -0.331. The predicted octanol–water partition coefficient (Wildman–Crippen LogP) is 3.32. The molecular weight excluding hydrogens is 285 g/mol. The van der Waals surface area contributed by atoms with E-state index in [9.17, 15) is 0 Å². The molecule has 1 fully saturated rings. The van der Waals surface area contributed by atoms with Gasteiger partial charge in [-0.1, -0.05) is 0 Å². The average molecular weight is 310 g/mol. The van der Waals surface area contributed by atoms with Gasteiger partial charge in [-0.15, -0.1) is 0 Å². The summed E-state index contributed by atoms with van der Waals surface area (Å²) in [4.78, 5) is 2.56. The van der Waals surface area contributed by atoms with Crippen molar-refractivity contribution in [2.24, 2.45) is 11.8 Å². The van der Waals surface area contributed by atoms with Crippen LogP contribution >= 0.6 is 0 Å². The van der Waals surface area contributed by atoms with Crippen LogP contribution in [0.4, 0.5) is 0 Å². The molecule has 2 rings (SSSR count). The molecule has 0 radical (unpaired) electrons. The van der Waals surface area contributed by atoms with Crippen molar-refractivity contribution in [3.05, 3.63) is 24.3 Å². The fourth-order valence-electron chi connectivity index (χ4n) is 3.14. The molecule has 2 atom stereocenters. The molecule has 2 heteroatoms. The summed E-state index contributed by atoms with van der Waals surface area (Å²) in [5.74, 6) is 1.09. The van der Waals surface area contributed by atoms with Gasteiger partial charge in [0.2, 0.25) is 0 Å². The van der Waals surface area contributed by atoms with Gasteiger partial charge in [-0.2, -0.15) is 0 Å². The van der Waals surface area contributed by atoms with Crippen molar-refractivity contribution in [2.45, 2.75) is 45.4 Å². The van der Waals surface area contributed by atoms with Crippen LogP contribution < -0.4 is 0 Å². The van der Waals surface area contributed by atoms with E-state index < -0.39 is 0 Å². The minimum atomic E-state index is 0.534. The second-order valence-corrected chi connectivity index (χ2v) is 6.51. The number of nitrogens with zero attached hydrogens (tertiary/aromatic N) is 1. The normalized spacial score (nSPS) is 23.4. The first-order valence-corrected chi connectivity index (χ1v) is 8.20. The van der Waals surface area contributed by atoms with Crippen LogP contribution in [0.25, 0.3) is 0 Å². The Morgan fingerprint density at radius 1 is 1.33 bits per heavy atom. The van der Waals surface area contributed by atoms with Crippen molar-refractivity contribution in [3.8, 4) is 0 Å². The van der Waals surface area contributed by atoms with Crippen molar-refractivity contribution in [3.63, 3.8) is 0 Å². The number of rotatable bonds is 5. The fraction of sp³-hybridized carbons (Fsp3) is 0.688. The molecule has 1 aliphatic carbocycles. The Balaban J connectivity index is 2.15. The summed E-state index contributed by atoms with van der Waals surface area (Å²) in [5, 5.41) is 0. The van der Waals surface area contributed by atoms with E-state index in [1.165, 1.54) is 56.2 Å². The Labute approximate surface area is 120 Å². The molecule has 0 bridgehead atoms. The molecule has 2 aliphatic rings. The molecular formula is C16H25NSe. The van der Waals surface area contributed by atoms with Crippen LogP contribution in [0.3, 0.4) is 0 Å². The standard InChI is InChI=1S/C16H25NSe/c1-3-13(2)15(14-9-5-4-6-10-14)16(18)17-11-7-8-12-17/h3,9,13,15H,1,4-8,10-12H2,2H3.